The van der Waals surface area contributed by atoms with Crippen LogP contribution in [0.4, 0.5) is 0 Å². The number of hydrogen-bond donors (Lipinski definition) is 1. The number of carboxylic acid groups (broad SMARTS) is 1. The molecule has 4 nitrogen and oxygen atoms in total. The number of benzene rings is 1. The Morgan fingerprint density at radius 3 is 2.57 bits per heavy atom. The molecule has 1 aliphatic rings. The summed E-state index contributed by atoms with van der Waals surface area (Å²) in [6.45, 7) is 4.78. The second-order valence-corrected chi connectivity index (χ2v) is 6.94. The Morgan fingerprint density at radius 2 is 1.96 bits per heavy atom. The standard InChI is InChI=1S/C19H27NO3/c1-15(2)17(21)20-13-7-12-19(14-20,18(22)23)11-6-10-16-8-4-3-5-9-16/h3-5,8-9,15H,6-7,10-14H2,1-2H3,(H,22,23)/t19-/m1/s1. The normalized spacial score (nSPS) is 21.4. The monoisotopic (exact) mass is 317 g/mol. The van der Waals surface area contributed by atoms with Gasteiger partial charge in [0.25, 0.3) is 0 Å². The maximum Gasteiger partial charge on any atom is 0.311 e. The lowest BCUT2D eigenvalue weighted by molar-refractivity contribution is -0.156. The number of rotatable bonds is 6. The highest BCUT2D eigenvalue weighted by Gasteiger charge is 2.43. The summed E-state index contributed by atoms with van der Waals surface area (Å²) in [5, 5.41) is 9.79. The van der Waals surface area contributed by atoms with Gasteiger partial charge in [0.1, 0.15) is 0 Å². The fourth-order valence-corrected chi connectivity index (χ4v) is 3.45. The van der Waals surface area contributed by atoms with E-state index < -0.39 is 11.4 Å². The molecule has 0 radical (unpaired) electrons. The molecular formula is C19H27NO3. The maximum atomic E-state index is 12.2. The Hall–Kier alpha value is -1.84. The molecule has 1 heterocycles. The molecule has 4 heteroatoms. The van der Waals surface area contributed by atoms with Gasteiger partial charge in [-0.25, -0.2) is 0 Å². The van der Waals surface area contributed by atoms with Crippen molar-refractivity contribution in [2.24, 2.45) is 11.3 Å². The molecule has 1 aliphatic heterocycles. The molecule has 0 bridgehead atoms. The van der Waals surface area contributed by atoms with E-state index in [1.54, 1.807) is 4.90 Å². The van der Waals surface area contributed by atoms with E-state index in [4.69, 9.17) is 0 Å². The minimum Gasteiger partial charge on any atom is -0.481 e. The summed E-state index contributed by atoms with van der Waals surface area (Å²) in [7, 11) is 0. The number of aryl methyl sites for hydroxylation is 1. The van der Waals surface area contributed by atoms with Gasteiger partial charge in [-0.15, -0.1) is 0 Å². The lowest BCUT2D eigenvalue weighted by atomic mass is 9.75. The lowest BCUT2D eigenvalue weighted by Gasteiger charge is -2.40. The van der Waals surface area contributed by atoms with Crippen LogP contribution >= 0.6 is 0 Å². The third-order valence-electron chi connectivity index (χ3n) is 4.80. The Labute approximate surface area is 138 Å². The van der Waals surface area contributed by atoms with Crippen molar-refractivity contribution in [1.82, 2.24) is 4.90 Å². The molecule has 2 rings (SSSR count). The molecule has 1 aromatic carbocycles. The summed E-state index contributed by atoms with van der Waals surface area (Å²) < 4.78 is 0. The Kier molecular flexibility index (Phi) is 5.80. The zero-order valence-electron chi connectivity index (χ0n) is 14.1. The second-order valence-electron chi connectivity index (χ2n) is 6.94. The summed E-state index contributed by atoms with van der Waals surface area (Å²) in [6, 6.07) is 10.1. The summed E-state index contributed by atoms with van der Waals surface area (Å²) >= 11 is 0. The number of carbonyl (C=O) groups excluding carboxylic acids is 1. The van der Waals surface area contributed by atoms with E-state index in [-0.39, 0.29) is 11.8 Å². The van der Waals surface area contributed by atoms with Gasteiger partial charge in [0.05, 0.1) is 5.41 Å². The largest absolute Gasteiger partial charge is 0.481 e. The third kappa shape index (κ3) is 4.34. The smallest absolute Gasteiger partial charge is 0.311 e. The van der Waals surface area contributed by atoms with Gasteiger partial charge in [0.2, 0.25) is 5.91 Å². The molecule has 1 N–H and O–H groups in total. The first-order valence-corrected chi connectivity index (χ1v) is 8.51. The van der Waals surface area contributed by atoms with Gasteiger partial charge in [-0.3, -0.25) is 9.59 Å². The molecule has 1 amide bonds. The van der Waals surface area contributed by atoms with E-state index in [0.29, 0.717) is 25.9 Å². The highest BCUT2D eigenvalue weighted by atomic mass is 16.4. The van der Waals surface area contributed by atoms with Crippen LogP contribution in [0, 0.1) is 11.3 Å². The van der Waals surface area contributed by atoms with Gasteiger partial charge in [0.15, 0.2) is 0 Å². The van der Waals surface area contributed by atoms with Crippen LogP contribution < -0.4 is 0 Å². The van der Waals surface area contributed by atoms with Crippen LogP contribution in [-0.2, 0) is 16.0 Å². The van der Waals surface area contributed by atoms with Gasteiger partial charge >= 0.3 is 5.97 Å². The second kappa shape index (κ2) is 7.62. The first-order chi connectivity index (χ1) is 10.9. The molecule has 1 saturated heterocycles. The number of carbonyl (C=O) groups is 2. The molecule has 0 unspecified atom stereocenters. The van der Waals surface area contributed by atoms with Gasteiger partial charge in [0, 0.05) is 19.0 Å². The Morgan fingerprint density at radius 1 is 1.26 bits per heavy atom. The summed E-state index contributed by atoms with van der Waals surface area (Å²) in [5.74, 6) is -0.769. The molecule has 0 aromatic heterocycles. The third-order valence-corrected chi connectivity index (χ3v) is 4.80. The van der Waals surface area contributed by atoms with Crippen LogP contribution in [0.2, 0.25) is 0 Å². The van der Waals surface area contributed by atoms with Crippen LogP contribution in [0.3, 0.4) is 0 Å². The summed E-state index contributed by atoms with van der Waals surface area (Å²) in [4.78, 5) is 25.9. The molecular weight excluding hydrogens is 290 g/mol. The predicted molar refractivity (Wildman–Crippen MR) is 90.1 cm³/mol. The molecule has 1 fully saturated rings. The van der Waals surface area contributed by atoms with Gasteiger partial charge in [-0.1, -0.05) is 44.2 Å². The molecule has 126 valence electrons. The molecule has 0 saturated carbocycles. The van der Waals surface area contributed by atoms with Crippen LogP contribution in [0.5, 0.6) is 0 Å². The number of carboxylic acids is 1. The quantitative estimate of drug-likeness (QED) is 0.875. The van der Waals surface area contributed by atoms with E-state index in [0.717, 1.165) is 19.3 Å². The van der Waals surface area contributed by atoms with E-state index in [2.05, 4.69) is 12.1 Å². The average molecular weight is 317 g/mol. The number of nitrogens with zero attached hydrogens (tertiary/aromatic N) is 1. The zero-order chi connectivity index (χ0) is 16.9. The van der Waals surface area contributed by atoms with Crippen molar-refractivity contribution in [3.63, 3.8) is 0 Å². The highest BCUT2D eigenvalue weighted by molar-refractivity contribution is 5.80. The van der Waals surface area contributed by atoms with E-state index in [9.17, 15) is 14.7 Å². The van der Waals surface area contributed by atoms with Gasteiger partial charge < -0.3 is 10.0 Å². The van der Waals surface area contributed by atoms with E-state index in [1.807, 2.05) is 32.0 Å². The molecule has 0 spiro atoms. The van der Waals surface area contributed by atoms with Crippen LogP contribution in [-0.4, -0.2) is 35.0 Å². The first-order valence-electron chi connectivity index (χ1n) is 8.51. The molecule has 1 atom stereocenters. The van der Waals surface area contributed by atoms with Crippen LogP contribution in [0.25, 0.3) is 0 Å². The van der Waals surface area contributed by atoms with Gasteiger partial charge in [-0.2, -0.15) is 0 Å². The topological polar surface area (TPSA) is 57.6 Å². The van der Waals surface area contributed by atoms with Crippen LogP contribution in [0.1, 0.15) is 45.1 Å². The molecule has 0 aliphatic carbocycles. The van der Waals surface area contributed by atoms with Crippen molar-refractivity contribution < 1.29 is 14.7 Å². The van der Waals surface area contributed by atoms with E-state index in [1.165, 1.54) is 5.56 Å². The Bertz CT molecular complexity index is 541. The fourth-order valence-electron chi connectivity index (χ4n) is 3.45. The van der Waals surface area contributed by atoms with Crippen molar-refractivity contribution in [2.45, 2.75) is 46.0 Å². The summed E-state index contributed by atoms with van der Waals surface area (Å²) in [6.07, 6.45) is 3.78. The highest BCUT2D eigenvalue weighted by Crippen LogP contribution is 2.36. The number of aliphatic carboxylic acids is 1. The number of likely N-dealkylation sites (tertiary alicyclic amines) is 1. The SMILES string of the molecule is CC(C)C(=O)N1CCC[C@@](CCCc2ccccc2)(C(=O)O)C1. The first kappa shape index (κ1) is 17.5. The van der Waals surface area contributed by atoms with E-state index >= 15 is 0 Å². The predicted octanol–water partition coefficient (Wildman–Crippen LogP) is 3.36. The lowest BCUT2D eigenvalue weighted by Crippen LogP contribution is -2.51. The summed E-state index contributed by atoms with van der Waals surface area (Å²) in [5.41, 5.74) is 0.455. The molecule has 23 heavy (non-hydrogen) atoms. The minimum atomic E-state index is -0.780. The van der Waals surface area contributed by atoms with Crippen molar-refractivity contribution in [3.8, 4) is 0 Å². The minimum absolute atomic E-state index is 0.0679. The zero-order valence-corrected chi connectivity index (χ0v) is 14.1. The number of hydrogen-bond acceptors (Lipinski definition) is 2. The van der Waals surface area contributed by atoms with Crippen LogP contribution in [0.15, 0.2) is 30.3 Å². The van der Waals surface area contributed by atoms with Crippen molar-refractivity contribution in [3.05, 3.63) is 35.9 Å². The van der Waals surface area contributed by atoms with Gasteiger partial charge in [-0.05, 0) is 37.7 Å². The average Bonchev–Trinajstić information content (AvgIpc) is 2.55. The number of piperidine rings is 1. The fraction of sp³-hybridized carbons (Fsp3) is 0.579. The van der Waals surface area contributed by atoms with Crippen molar-refractivity contribution >= 4 is 11.9 Å². The van der Waals surface area contributed by atoms with Crippen molar-refractivity contribution in [2.75, 3.05) is 13.1 Å². The Balaban J connectivity index is 2.01. The maximum absolute atomic E-state index is 12.2. The van der Waals surface area contributed by atoms with Crippen molar-refractivity contribution in [1.29, 1.82) is 0 Å². The number of amides is 1. The molecule has 1 aromatic rings.